The number of amides is 2. The number of carbonyl (C=O) groups excluding carboxylic acids is 2. The van der Waals surface area contributed by atoms with E-state index in [4.69, 9.17) is 0 Å². The fourth-order valence-corrected chi connectivity index (χ4v) is 3.41. The van der Waals surface area contributed by atoms with Crippen LogP contribution in [0.2, 0.25) is 0 Å². The van der Waals surface area contributed by atoms with Crippen molar-refractivity contribution in [2.45, 2.75) is 12.8 Å². The molecule has 1 fully saturated rings. The number of likely N-dealkylation sites (tertiary alicyclic amines) is 1. The maximum Gasteiger partial charge on any atom is 0.253 e. The monoisotopic (exact) mass is 371 g/mol. The van der Waals surface area contributed by atoms with Crippen LogP contribution in [0.4, 0.5) is 5.69 Å². The van der Waals surface area contributed by atoms with Gasteiger partial charge in [-0.05, 0) is 49.2 Å². The third-order valence-electron chi connectivity index (χ3n) is 4.87. The van der Waals surface area contributed by atoms with Gasteiger partial charge in [0.05, 0.1) is 5.52 Å². The highest BCUT2D eigenvalue weighted by atomic mass is 16.2. The van der Waals surface area contributed by atoms with Gasteiger partial charge in [0.15, 0.2) is 0 Å². The Balaban J connectivity index is 1.42. The van der Waals surface area contributed by atoms with E-state index in [9.17, 15) is 9.59 Å². The quantitative estimate of drug-likeness (QED) is 0.702. The molecule has 2 aromatic carbocycles. The molecule has 1 aromatic heterocycles. The fourth-order valence-electron chi connectivity index (χ4n) is 3.41. The lowest BCUT2D eigenvalue weighted by atomic mass is 10.1. The number of benzene rings is 2. The molecule has 0 radical (unpaired) electrons. The number of hydrogen-bond donors (Lipinski definition) is 1. The number of fused-ring (bicyclic) bond motifs is 1. The lowest BCUT2D eigenvalue weighted by molar-refractivity contribution is -0.111. The van der Waals surface area contributed by atoms with Gasteiger partial charge in [0, 0.05) is 47.6 Å². The van der Waals surface area contributed by atoms with Crippen LogP contribution in [0.25, 0.3) is 17.0 Å². The number of pyridine rings is 1. The molecular formula is C23H21N3O2. The molecule has 0 unspecified atom stereocenters. The molecule has 5 nitrogen and oxygen atoms in total. The minimum Gasteiger partial charge on any atom is -0.339 e. The highest BCUT2D eigenvalue weighted by Gasteiger charge is 2.19. The van der Waals surface area contributed by atoms with Crippen molar-refractivity contribution in [2.75, 3.05) is 18.4 Å². The Labute approximate surface area is 163 Å². The van der Waals surface area contributed by atoms with E-state index in [0.29, 0.717) is 11.3 Å². The van der Waals surface area contributed by atoms with E-state index in [1.807, 2.05) is 35.2 Å². The highest BCUT2D eigenvalue weighted by Crippen LogP contribution is 2.18. The van der Waals surface area contributed by atoms with Gasteiger partial charge in [0.1, 0.15) is 0 Å². The molecule has 0 atom stereocenters. The Morgan fingerprint density at radius 1 is 0.964 bits per heavy atom. The Bertz CT molecular complexity index is 1030. The summed E-state index contributed by atoms with van der Waals surface area (Å²) in [5.41, 5.74) is 3.06. The van der Waals surface area contributed by atoms with Crippen molar-refractivity contribution in [1.82, 2.24) is 9.88 Å². The van der Waals surface area contributed by atoms with Gasteiger partial charge in [-0.3, -0.25) is 14.6 Å². The molecule has 140 valence electrons. The van der Waals surface area contributed by atoms with E-state index in [0.717, 1.165) is 42.4 Å². The second kappa shape index (κ2) is 8.05. The molecule has 1 N–H and O–H groups in total. The van der Waals surface area contributed by atoms with Gasteiger partial charge in [0.2, 0.25) is 5.91 Å². The second-order valence-corrected chi connectivity index (χ2v) is 6.82. The van der Waals surface area contributed by atoms with Crippen LogP contribution in [0.5, 0.6) is 0 Å². The summed E-state index contributed by atoms with van der Waals surface area (Å²) in [6.07, 6.45) is 7.13. The first kappa shape index (κ1) is 17.9. The number of nitrogens with one attached hydrogen (secondary N) is 1. The summed E-state index contributed by atoms with van der Waals surface area (Å²) in [4.78, 5) is 30.9. The molecule has 1 saturated heterocycles. The molecule has 0 bridgehead atoms. The zero-order valence-corrected chi connectivity index (χ0v) is 15.5. The molecule has 0 aliphatic carbocycles. The van der Waals surface area contributed by atoms with Gasteiger partial charge in [-0.25, -0.2) is 0 Å². The Kier molecular flexibility index (Phi) is 5.15. The topological polar surface area (TPSA) is 62.3 Å². The van der Waals surface area contributed by atoms with E-state index in [1.165, 1.54) is 6.08 Å². The van der Waals surface area contributed by atoms with Gasteiger partial charge in [-0.2, -0.15) is 0 Å². The zero-order chi connectivity index (χ0) is 19.3. The molecule has 0 spiro atoms. The fraction of sp³-hybridized carbons (Fsp3) is 0.174. The maximum absolute atomic E-state index is 12.4. The predicted octanol–water partition coefficient (Wildman–Crippen LogP) is 4.12. The van der Waals surface area contributed by atoms with Crippen molar-refractivity contribution in [1.29, 1.82) is 0 Å². The smallest absolute Gasteiger partial charge is 0.253 e. The molecule has 1 aliphatic heterocycles. The molecule has 4 rings (SSSR count). The number of carbonyl (C=O) groups is 2. The molecule has 3 aromatic rings. The average molecular weight is 371 g/mol. The molecule has 1 aliphatic rings. The summed E-state index contributed by atoms with van der Waals surface area (Å²) in [5.74, 6) is -0.176. The second-order valence-electron chi connectivity index (χ2n) is 6.82. The van der Waals surface area contributed by atoms with Crippen LogP contribution >= 0.6 is 0 Å². The maximum atomic E-state index is 12.4. The molecule has 0 saturated carbocycles. The van der Waals surface area contributed by atoms with Crippen molar-refractivity contribution in [2.24, 2.45) is 0 Å². The van der Waals surface area contributed by atoms with Crippen molar-refractivity contribution < 1.29 is 9.59 Å². The molecule has 2 heterocycles. The van der Waals surface area contributed by atoms with E-state index in [-0.39, 0.29) is 11.8 Å². The van der Waals surface area contributed by atoms with Crippen LogP contribution in [0.15, 0.2) is 66.9 Å². The summed E-state index contributed by atoms with van der Waals surface area (Å²) in [6.45, 7) is 1.65. The van der Waals surface area contributed by atoms with E-state index in [2.05, 4.69) is 10.3 Å². The summed E-state index contributed by atoms with van der Waals surface area (Å²) >= 11 is 0. The van der Waals surface area contributed by atoms with Crippen LogP contribution in [-0.4, -0.2) is 34.8 Å². The Morgan fingerprint density at radius 2 is 1.71 bits per heavy atom. The average Bonchev–Trinajstić information content (AvgIpc) is 3.27. The summed E-state index contributed by atoms with van der Waals surface area (Å²) in [5, 5.41) is 3.86. The van der Waals surface area contributed by atoms with Crippen molar-refractivity contribution in [3.63, 3.8) is 0 Å². The van der Waals surface area contributed by atoms with Gasteiger partial charge < -0.3 is 10.2 Å². The number of hydrogen-bond acceptors (Lipinski definition) is 3. The van der Waals surface area contributed by atoms with E-state index in [1.54, 1.807) is 36.5 Å². The normalized spacial score (nSPS) is 13.9. The summed E-state index contributed by atoms with van der Waals surface area (Å²) in [6, 6.07) is 16.8. The zero-order valence-electron chi connectivity index (χ0n) is 15.5. The van der Waals surface area contributed by atoms with Gasteiger partial charge in [0.25, 0.3) is 5.91 Å². The number of rotatable bonds is 4. The molecule has 2 amide bonds. The van der Waals surface area contributed by atoms with Gasteiger partial charge in [-0.15, -0.1) is 0 Å². The third kappa shape index (κ3) is 3.93. The first-order valence-corrected chi connectivity index (χ1v) is 9.43. The van der Waals surface area contributed by atoms with E-state index >= 15 is 0 Å². The van der Waals surface area contributed by atoms with Crippen LogP contribution in [0.1, 0.15) is 28.8 Å². The van der Waals surface area contributed by atoms with Gasteiger partial charge >= 0.3 is 0 Å². The first-order chi connectivity index (χ1) is 13.7. The minimum atomic E-state index is -0.230. The number of para-hydroxylation sites is 1. The Hall–Kier alpha value is -3.47. The number of aromatic nitrogens is 1. The SMILES string of the molecule is O=C(/C=C/c1cccc2cccnc12)Nc1ccc(C(=O)N2CCCC2)cc1. The lowest BCUT2D eigenvalue weighted by Crippen LogP contribution is -2.27. The molecule has 28 heavy (non-hydrogen) atoms. The molecular weight excluding hydrogens is 350 g/mol. The highest BCUT2D eigenvalue weighted by molar-refractivity contribution is 6.03. The van der Waals surface area contributed by atoms with Crippen LogP contribution in [-0.2, 0) is 4.79 Å². The minimum absolute atomic E-state index is 0.0544. The van der Waals surface area contributed by atoms with Crippen LogP contribution < -0.4 is 5.32 Å². The Morgan fingerprint density at radius 3 is 2.50 bits per heavy atom. The third-order valence-corrected chi connectivity index (χ3v) is 4.87. The summed E-state index contributed by atoms with van der Waals surface area (Å²) in [7, 11) is 0. The van der Waals surface area contributed by atoms with Crippen LogP contribution in [0, 0.1) is 0 Å². The predicted molar refractivity (Wildman–Crippen MR) is 111 cm³/mol. The standard InChI is InChI=1S/C23H21N3O2/c27-21(13-10-18-6-3-5-17-7-4-14-24-22(17)18)25-20-11-8-19(9-12-20)23(28)26-15-1-2-16-26/h3-14H,1-2,15-16H2,(H,25,27)/b13-10+. The van der Waals surface area contributed by atoms with Crippen LogP contribution in [0.3, 0.4) is 0 Å². The van der Waals surface area contributed by atoms with Crippen molar-refractivity contribution in [3.05, 3.63) is 78.0 Å². The van der Waals surface area contributed by atoms with Crippen molar-refractivity contribution in [3.8, 4) is 0 Å². The largest absolute Gasteiger partial charge is 0.339 e. The lowest BCUT2D eigenvalue weighted by Gasteiger charge is -2.15. The van der Waals surface area contributed by atoms with Gasteiger partial charge in [-0.1, -0.05) is 24.3 Å². The molecule has 5 heteroatoms. The number of anilines is 1. The summed E-state index contributed by atoms with van der Waals surface area (Å²) < 4.78 is 0. The number of nitrogens with zero attached hydrogens (tertiary/aromatic N) is 2. The van der Waals surface area contributed by atoms with Crippen molar-refractivity contribution >= 4 is 34.5 Å². The first-order valence-electron chi connectivity index (χ1n) is 9.43. The van der Waals surface area contributed by atoms with E-state index < -0.39 is 0 Å².